The van der Waals surface area contributed by atoms with Gasteiger partial charge in [-0.3, -0.25) is 19.2 Å². The number of nitrogens with one attached hydrogen (secondary N) is 4. The first kappa shape index (κ1) is 44.3. The van der Waals surface area contributed by atoms with Crippen LogP contribution in [-0.2, 0) is 23.9 Å². The Morgan fingerprint density at radius 3 is 2.07 bits per heavy atom. The van der Waals surface area contributed by atoms with Gasteiger partial charge < -0.3 is 35.1 Å². The number of fused-ring (bicyclic) bond motifs is 2. The second-order valence-electron chi connectivity index (χ2n) is 13.3. The molecule has 0 saturated carbocycles. The van der Waals surface area contributed by atoms with Gasteiger partial charge in [0.25, 0.3) is 6.47 Å². The topological polar surface area (TPSA) is 165 Å². The molecule has 6 heterocycles. The highest BCUT2D eigenvalue weighted by atomic mass is 32.1. The van der Waals surface area contributed by atoms with Gasteiger partial charge in [-0.15, -0.1) is 22.7 Å². The molecule has 0 unspecified atom stereocenters. The number of hydrogen-bond donors (Lipinski definition) is 4. The van der Waals surface area contributed by atoms with Crippen molar-refractivity contribution in [1.82, 2.24) is 40.4 Å². The van der Waals surface area contributed by atoms with Crippen molar-refractivity contribution in [3.63, 3.8) is 0 Å². The van der Waals surface area contributed by atoms with Gasteiger partial charge in [0.2, 0.25) is 17.7 Å². The van der Waals surface area contributed by atoms with E-state index in [1.54, 1.807) is 28.9 Å². The maximum Gasteiger partial charge on any atom is 0.292 e. The predicted octanol–water partition coefficient (Wildman–Crippen LogP) is 7.42. The fourth-order valence-corrected chi connectivity index (χ4v) is 8.43. The van der Waals surface area contributed by atoms with Crippen LogP contribution in [0, 0.1) is 0 Å². The molecule has 0 aliphatic carbocycles. The monoisotopic (exact) mass is 814 g/mol. The number of likely N-dealkylation sites (tertiary alicyclic amines) is 2. The number of carbonyl (C=O) groups excluding carboxylic acids is 4. The summed E-state index contributed by atoms with van der Waals surface area (Å²) in [7, 11) is 3.15. The van der Waals surface area contributed by atoms with Gasteiger partial charge in [-0.1, -0.05) is 56.7 Å². The number of carbonyl (C=O) groups is 4. The average Bonchev–Trinajstić information content (AvgIpc) is 4.08. The Kier molecular flexibility index (Phi) is 18.4. The quantitative estimate of drug-likeness (QED) is 0.115. The molecule has 0 radical (unpaired) electrons. The molecule has 0 spiro atoms. The number of methoxy groups -OCH3 is 1. The van der Waals surface area contributed by atoms with Gasteiger partial charge in [0, 0.05) is 47.4 Å². The highest BCUT2D eigenvalue weighted by molar-refractivity contribution is 7.31. The van der Waals surface area contributed by atoms with Crippen LogP contribution in [0.25, 0.3) is 41.4 Å². The number of rotatable bonds is 8. The molecule has 304 valence electrons. The zero-order valence-electron chi connectivity index (χ0n) is 33.4. The Hall–Kier alpha value is -5.38. The van der Waals surface area contributed by atoms with E-state index in [-0.39, 0.29) is 30.3 Å². The van der Waals surface area contributed by atoms with Gasteiger partial charge >= 0.3 is 0 Å². The van der Waals surface area contributed by atoms with Crippen LogP contribution < -0.4 is 10.6 Å². The molecule has 15 heteroatoms. The summed E-state index contributed by atoms with van der Waals surface area (Å²) in [5.74, 6) is 0.0800. The van der Waals surface area contributed by atoms with E-state index < -0.39 is 0 Å². The summed E-state index contributed by atoms with van der Waals surface area (Å²) in [6.07, 6.45) is 11.0. The molecule has 8 rings (SSSR count). The molecule has 57 heavy (non-hydrogen) atoms. The molecule has 1 atom stereocenters. The van der Waals surface area contributed by atoms with Gasteiger partial charge in [0.1, 0.15) is 6.04 Å². The second-order valence-corrected chi connectivity index (χ2v) is 15.4. The normalized spacial score (nSPS) is 13.5. The lowest BCUT2D eigenvalue weighted by atomic mass is 10.1. The van der Waals surface area contributed by atoms with Gasteiger partial charge in [0.15, 0.2) is 0 Å². The lowest BCUT2D eigenvalue weighted by Crippen LogP contribution is -2.38. The van der Waals surface area contributed by atoms with Gasteiger partial charge in [-0.25, -0.2) is 9.97 Å². The van der Waals surface area contributed by atoms with Gasteiger partial charge in [0.05, 0.1) is 54.1 Å². The smallest absolute Gasteiger partial charge is 0.292 e. The van der Waals surface area contributed by atoms with Gasteiger partial charge in [-0.2, -0.15) is 0 Å². The lowest BCUT2D eigenvalue weighted by molar-refractivity contribution is -0.132. The summed E-state index contributed by atoms with van der Waals surface area (Å²) < 4.78 is 6.49. The Morgan fingerprint density at radius 2 is 1.49 bits per heavy atom. The molecule has 0 bridgehead atoms. The van der Waals surface area contributed by atoms with Crippen molar-refractivity contribution in [1.29, 1.82) is 0 Å². The number of ether oxygens (including phenoxy) is 1. The number of aromatic amines is 2. The standard InChI is InChI=1S/C16H10N4S2.C13H18N2O.C8H14N2O2.C3H8.C2H4O2/c1-2-10-11(20-8-19-10)3-9(1)13-4-15-16(21-13)5-14(22-15)12-6-17-7-18-12;1-14-12(11-7-3-2-4-8-11)13(16)15-9-5-6-10-15;1-7(11)9-6-8(12)10-4-2-3-5-10;1-3-2;1-4-2-3/h1-8H,(H,17,18)(H,19,20);2-4,7-8,12,14H,5-6,9-10H2,1H3;2-6H2,1H3,(H,9,11);3H2,1-2H3;2H,1H3/t;12-;;;/m.1.../s1. The molecule has 2 aliphatic rings. The Balaban J connectivity index is 0.000000182. The summed E-state index contributed by atoms with van der Waals surface area (Å²) in [5.41, 5.74) is 5.43. The molecular weight excluding hydrogens is 761 g/mol. The van der Waals surface area contributed by atoms with Crippen LogP contribution in [0.2, 0.25) is 0 Å². The maximum absolute atomic E-state index is 12.2. The van der Waals surface area contributed by atoms with E-state index in [9.17, 15) is 14.4 Å². The minimum absolute atomic E-state index is 0.0303. The highest BCUT2D eigenvalue weighted by Gasteiger charge is 2.26. The van der Waals surface area contributed by atoms with Gasteiger partial charge in [-0.05, 0) is 68.1 Å². The first-order valence-corrected chi connectivity index (χ1v) is 20.8. The predicted molar refractivity (Wildman–Crippen MR) is 230 cm³/mol. The number of hydrogen-bond acceptors (Lipinski definition) is 10. The number of imidazole rings is 2. The number of thiophene rings is 2. The largest absolute Gasteiger partial charge is 0.471 e. The van der Waals surface area contributed by atoms with Crippen molar-refractivity contribution in [2.45, 2.75) is 58.9 Å². The molecule has 3 amide bonds. The van der Waals surface area contributed by atoms with Crippen LogP contribution in [-0.4, -0.2) is 101 Å². The van der Waals surface area contributed by atoms with E-state index in [1.165, 1.54) is 45.2 Å². The number of likely N-dealkylation sites (N-methyl/N-ethyl adjacent to an activating group) is 1. The second kappa shape index (κ2) is 23.6. The SMILES string of the molecule is CC(=O)NCC(=O)N1CCCC1.CCC.CN[C@@H](C(=O)N1CCCC1)c1ccccc1.COC=O.c1ncc(-c2cc3sc(-c4ccc5nc[nH]c5c4)cc3s2)[nH]1. The summed E-state index contributed by atoms with van der Waals surface area (Å²) in [5, 5.41) is 5.60. The van der Waals surface area contributed by atoms with Crippen molar-refractivity contribution in [3.8, 4) is 21.0 Å². The summed E-state index contributed by atoms with van der Waals surface area (Å²) >= 11 is 3.62. The fourth-order valence-electron chi connectivity index (χ4n) is 6.07. The molecule has 13 nitrogen and oxygen atoms in total. The van der Waals surface area contributed by atoms with Crippen molar-refractivity contribution in [3.05, 3.63) is 85.1 Å². The van der Waals surface area contributed by atoms with Crippen LogP contribution in [0.1, 0.15) is 64.5 Å². The van der Waals surface area contributed by atoms with E-state index in [0.717, 1.165) is 74.2 Å². The van der Waals surface area contributed by atoms with E-state index >= 15 is 0 Å². The minimum atomic E-state index is -0.195. The summed E-state index contributed by atoms with van der Waals surface area (Å²) in [6.45, 7) is 9.69. The molecule has 2 saturated heterocycles. The fraction of sp³-hybridized carbons (Fsp3) is 0.381. The van der Waals surface area contributed by atoms with Crippen LogP contribution in [0.3, 0.4) is 0 Å². The third kappa shape index (κ3) is 13.4. The molecule has 4 N–H and O–H groups in total. The van der Waals surface area contributed by atoms with Crippen molar-refractivity contribution < 1.29 is 23.9 Å². The number of H-pyrrole nitrogens is 2. The van der Waals surface area contributed by atoms with Crippen LogP contribution in [0.4, 0.5) is 0 Å². The van der Waals surface area contributed by atoms with Crippen LogP contribution >= 0.6 is 22.7 Å². The van der Waals surface area contributed by atoms with Crippen LogP contribution in [0.15, 0.2) is 79.5 Å². The molecule has 2 fully saturated rings. The molecule has 2 aliphatic heterocycles. The lowest BCUT2D eigenvalue weighted by Gasteiger charge is -2.23. The maximum atomic E-state index is 12.2. The Morgan fingerprint density at radius 1 is 0.877 bits per heavy atom. The van der Waals surface area contributed by atoms with Crippen molar-refractivity contribution in [2.24, 2.45) is 0 Å². The van der Waals surface area contributed by atoms with E-state index in [0.29, 0.717) is 6.47 Å². The van der Waals surface area contributed by atoms with E-state index in [2.05, 4.69) is 79.5 Å². The Bertz CT molecular complexity index is 2070. The average molecular weight is 815 g/mol. The minimum Gasteiger partial charge on any atom is -0.471 e. The zero-order chi connectivity index (χ0) is 41.0. The first-order chi connectivity index (χ1) is 27.7. The summed E-state index contributed by atoms with van der Waals surface area (Å²) in [4.78, 5) is 63.9. The number of amides is 3. The third-order valence-corrected chi connectivity index (χ3v) is 11.2. The molecule has 4 aromatic heterocycles. The number of nitrogens with zero attached hydrogens (tertiary/aromatic N) is 4. The van der Waals surface area contributed by atoms with E-state index in [4.69, 9.17) is 4.79 Å². The first-order valence-electron chi connectivity index (χ1n) is 19.2. The summed E-state index contributed by atoms with van der Waals surface area (Å²) in [6, 6.07) is 20.6. The number of benzene rings is 2. The van der Waals surface area contributed by atoms with Crippen LogP contribution in [0.5, 0.6) is 0 Å². The number of aromatic nitrogens is 4. The highest BCUT2D eigenvalue weighted by Crippen LogP contribution is 2.41. The third-order valence-electron chi connectivity index (χ3n) is 8.81. The van der Waals surface area contributed by atoms with Crippen molar-refractivity contribution >= 4 is 67.3 Å². The van der Waals surface area contributed by atoms with Crippen molar-refractivity contribution in [2.75, 3.05) is 46.9 Å². The molecule has 6 aromatic rings. The molecular formula is C42H54N8O5S2. The zero-order valence-corrected chi connectivity index (χ0v) is 35.0. The van der Waals surface area contributed by atoms with E-state index in [1.807, 2.05) is 59.8 Å². The molecule has 2 aromatic carbocycles. The Labute approximate surface area is 342 Å².